The lowest BCUT2D eigenvalue weighted by Crippen LogP contribution is -2.56. The number of allylic oxidation sites excluding steroid dienone is 3. The molecule has 12 rings (SSSR count). The van der Waals surface area contributed by atoms with Crippen LogP contribution in [0.1, 0.15) is 71.6 Å². The first-order valence-corrected chi connectivity index (χ1v) is 19.0. The maximum absolute atomic E-state index is 12.6. The first-order chi connectivity index (χ1) is 21.2. The third-order valence-corrected chi connectivity index (χ3v) is 19.3. The van der Waals surface area contributed by atoms with Crippen LogP contribution in [0.2, 0.25) is 0 Å². The predicted molar refractivity (Wildman–Crippen MR) is 164 cm³/mol. The molecule has 0 aromatic rings. The van der Waals surface area contributed by atoms with Gasteiger partial charge in [0, 0.05) is 0 Å². The van der Waals surface area contributed by atoms with Gasteiger partial charge in [0.05, 0.1) is 0 Å². The molecule has 2 N–H and O–H groups in total. The topological polar surface area (TPSA) is 74.6 Å². The van der Waals surface area contributed by atoms with Gasteiger partial charge in [-0.15, -0.1) is 0 Å². The summed E-state index contributed by atoms with van der Waals surface area (Å²) in [6.07, 6.45) is 15.2. The molecule has 12 aliphatic carbocycles. The Kier molecular flexibility index (Phi) is 4.31. The van der Waals surface area contributed by atoms with Crippen LogP contribution in [0.3, 0.4) is 0 Å². The number of fused-ring (bicyclic) bond motifs is 2. The lowest BCUT2D eigenvalue weighted by atomic mass is 9.45. The van der Waals surface area contributed by atoms with E-state index in [0.29, 0.717) is 11.8 Å². The summed E-state index contributed by atoms with van der Waals surface area (Å²) in [6.45, 7) is 9.47. The van der Waals surface area contributed by atoms with Crippen LogP contribution in [0.15, 0.2) is 23.8 Å². The van der Waals surface area contributed by atoms with Gasteiger partial charge in [0.15, 0.2) is 5.41 Å². The van der Waals surface area contributed by atoms with E-state index in [1.807, 2.05) is 0 Å². The Morgan fingerprint density at radius 3 is 1.95 bits per heavy atom. The van der Waals surface area contributed by atoms with Crippen molar-refractivity contribution in [3.05, 3.63) is 23.8 Å². The summed E-state index contributed by atoms with van der Waals surface area (Å²) in [4.78, 5) is 25.2. The van der Waals surface area contributed by atoms with Gasteiger partial charge in [-0.3, -0.25) is 9.59 Å². The molecule has 0 aromatic carbocycles. The molecule has 12 aliphatic rings. The Labute approximate surface area is 261 Å². The lowest BCUT2D eigenvalue weighted by molar-refractivity contribution is -0.160. The molecule has 0 radical (unpaired) electrons. The van der Waals surface area contributed by atoms with E-state index in [1.165, 1.54) is 38.5 Å². The quantitative estimate of drug-likeness (QED) is 0.266. The van der Waals surface area contributed by atoms with E-state index in [9.17, 15) is 19.8 Å². The number of hydrogen-bond donors (Lipinski definition) is 2. The summed E-state index contributed by atoms with van der Waals surface area (Å²) in [5, 5.41) is 20.6. The van der Waals surface area contributed by atoms with Crippen LogP contribution in [0, 0.1) is 135 Å². The normalized spacial score (nSPS) is 67.0. The van der Waals surface area contributed by atoms with Crippen LogP contribution >= 0.6 is 0 Å². The highest BCUT2D eigenvalue weighted by Crippen LogP contribution is 2.85. The van der Waals surface area contributed by atoms with Gasteiger partial charge in [0.2, 0.25) is 0 Å². The molecule has 0 aromatic heterocycles. The highest BCUT2D eigenvalue weighted by molar-refractivity contribution is 6.03. The zero-order valence-electron chi connectivity index (χ0n) is 26.5. The van der Waals surface area contributed by atoms with Crippen LogP contribution < -0.4 is 0 Å². The van der Waals surface area contributed by atoms with Gasteiger partial charge in [0.1, 0.15) is 0 Å². The molecule has 22 atom stereocenters. The van der Waals surface area contributed by atoms with Crippen LogP contribution in [0.5, 0.6) is 0 Å². The van der Waals surface area contributed by atoms with Crippen molar-refractivity contribution in [2.24, 2.45) is 135 Å². The van der Waals surface area contributed by atoms with E-state index in [0.717, 1.165) is 101 Å². The average molecular weight is 595 g/mol. The molecule has 4 nitrogen and oxygen atoms in total. The third-order valence-electron chi connectivity index (χ3n) is 19.3. The second-order valence-corrected chi connectivity index (χ2v) is 19.8. The Balaban J connectivity index is 1.04. The van der Waals surface area contributed by atoms with Crippen molar-refractivity contribution in [3.63, 3.8) is 0 Å². The van der Waals surface area contributed by atoms with Crippen molar-refractivity contribution >= 4 is 11.9 Å². The minimum Gasteiger partial charge on any atom is -0.480 e. The van der Waals surface area contributed by atoms with Gasteiger partial charge < -0.3 is 10.2 Å². The first kappa shape index (κ1) is 25.5. The lowest BCUT2D eigenvalue weighted by Gasteiger charge is -2.59. The number of hydrogen-bond acceptors (Lipinski definition) is 2. The fourth-order valence-electron chi connectivity index (χ4n) is 19.6. The molecule has 0 amide bonds. The summed E-state index contributed by atoms with van der Waals surface area (Å²) < 4.78 is 0. The van der Waals surface area contributed by atoms with E-state index in [-0.39, 0.29) is 23.2 Å². The second kappa shape index (κ2) is 7.43. The molecule has 0 bridgehead atoms. The standard InChI is InChI=1S/C40H50O4/c1-14-12-39(3,36-35(14)40(36,37(41)42)38(43)44)13-21-11-20-9-17-5-4-16-8-19-10-18-6-7-22-15(2)23-29(21)28(20)33-26(17)25(16)32-27(19)24(18)30(22)31(23)34(32)33/h13-14,16-20,22-36H,2,4-12H2,1,3H3,(H,41,42)(H,43,44)/b21-13-. The minimum absolute atomic E-state index is 0.137. The van der Waals surface area contributed by atoms with Gasteiger partial charge in [-0.25, -0.2) is 0 Å². The van der Waals surface area contributed by atoms with Crippen LogP contribution in [-0.2, 0) is 9.59 Å². The molecule has 0 heterocycles. The van der Waals surface area contributed by atoms with Crippen molar-refractivity contribution in [2.45, 2.75) is 71.6 Å². The van der Waals surface area contributed by atoms with E-state index >= 15 is 0 Å². The number of rotatable bonds is 3. The molecular weight excluding hydrogens is 544 g/mol. The first-order valence-electron chi connectivity index (χ1n) is 19.0. The van der Waals surface area contributed by atoms with E-state index < -0.39 is 17.4 Å². The van der Waals surface area contributed by atoms with Gasteiger partial charge in [-0.2, -0.15) is 0 Å². The number of carboxylic acid groups (broad SMARTS) is 2. The zero-order chi connectivity index (χ0) is 29.5. The molecule has 12 saturated carbocycles. The molecule has 44 heavy (non-hydrogen) atoms. The fraction of sp³-hybridized carbons (Fsp3) is 0.850. The van der Waals surface area contributed by atoms with Gasteiger partial charge in [-0.05, 0) is 187 Å². The highest BCUT2D eigenvalue weighted by Gasteiger charge is 2.84. The molecule has 12 fully saturated rings. The summed E-state index contributed by atoms with van der Waals surface area (Å²) in [6, 6.07) is 0. The Hall–Kier alpha value is -1.58. The molecule has 0 spiro atoms. The Morgan fingerprint density at radius 2 is 1.30 bits per heavy atom. The maximum atomic E-state index is 12.6. The minimum atomic E-state index is -1.59. The summed E-state index contributed by atoms with van der Waals surface area (Å²) in [5.74, 6) is 13.8. The Morgan fingerprint density at radius 1 is 0.727 bits per heavy atom. The van der Waals surface area contributed by atoms with Crippen molar-refractivity contribution in [1.29, 1.82) is 0 Å². The molecule has 234 valence electrons. The Bertz CT molecular complexity index is 1480. The third kappa shape index (κ3) is 2.38. The average Bonchev–Trinajstić information content (AvgIpc) is 3.28. The van der Waals surface area contributed by atoms with E-state index in [1.54, 1.807) is 24.0 Å². The molecule has 0 saturated heterocycles. The van der Waals surface area contributed by atoms with Crippen LogP contribution in [0.4, 0.5) is 0 Å². The van der Waals surface area contributed by atoms with Crippen LogP contribution in [0.25, 0.3) is 0 Å². The van der Waals surface area contributed by atoms with Crippen molar-refractivity contribution < 1.29 is 19.8 Å². The summed E-state index contributed by atoms with van der Waals surface area (Å²) >= 11 is 0. The van der Waals surface area contributed by atoms with E-state index in [4.69, 9.17) is 6.58 Å². The van der Waals surface area contributed by atoms with Gasteiger partial charge in [0.25, 0.3) is 0 Å². The monoisotopic (exact) mass is 594 g/mol. The number of carboxylic acids is 2. The number of aliphatic carboxylic acids is 2. The fourth-order valence-corrected chi connectivity index (χ4v) is 19.6. The smallest absolute Gasteiger partial charge is 0.321 e. The molecule has 4 heteroatoms. The largest absolute Gasteiger partial charge is 0.480 e. The number of carbonyl (C=O) groups is 2. The van der Waals surface area contributed by atoms with Crippen molar-refractivity contribution in [2.75, 3.05) is 0 Å². The predicted octanol–water partition coefficient (Wildman–Crippen LogP) is 7.27. The zero-order valence-corrected chi connectivity index (χ0v) is 26.5. The molecule has 0 aliphatic heterocycles. The summed E-state index contributed by atoms with van der Waals surface area (Å²) in [5.41, 5.74) is 1.39. The van der Waals surface area contributed by atoms with Crippen LogP contribution in [-0.4, -0.2) is 22.2 Å². The van der Waals surface area contributed by atoms with Gasteiger partial charge >= 0.3 is 11.9 Å². The highest BCUT2D eigenvalue weighted by atomic mass is 16.4. The van der Waals surface area contributed by atoms with Crippen molar-refractivity contribution in [3.8, 4) is 0 Å². The van der Waals surface area contributed by atoms with E-state index in [2.05, 4.69) is 19.9 Å². The molecular formula is C40H50O4. The van der Waals surface area contributed by atoms with Crippen molar-refractivity contribution in [1.82, 2.24) is 0 Å². The maximum Gasteiger partial charge on any atom is 0.321 e. The van der Waals surface area contributed by atoms with Gasteiger partial charge in [-0.1, -0.05) is 37.6 Å². The molecule has 22 unspecified atom stereocenters. The second-order valence-electron chi connectivity index (χ2n) is 19.8. The summed E-state index contributed by atoms with van der Waals surface area (Å²) in [7, 11) is 0. The SMILES string of the molecule is C=C1C2CCC3CC4CC5CCC6CC7C/C(=C/C8(C)CC(C)C9C8C9(C(=O)O)C(=O)O)C8C1C1C2C3C4C2C5C6C(C78)C12.